The zero-order valence-electron chi connectivity index (χ0n) is 9.02. The summed E-state index contributed by atoms with van der Waals surface area (Å²) in [6.07, 6.45) is 7.26. The lowest BCUT2D eigenvalue weighted by Gasteiger charge is -2.14. The Labute approximate surface area is 78.5 Å². The van der Waals surface area contributed by atoms with Gasteiger partial charge >= 0.3 is 0 Å². The molecule has 1 radical (unpaired) electrons. The van der Waals surface area contributed by atoms with Crippen molar-refractivity contribution in [1.82, 2.24) is 0 Å². The minimum absolute atomic E-state index is 0.921. The number of rotatable bonds is 7. The number of hydrogen-bond donors (Lipinski definition) is 0. The molecule has 0 aromatic rings. The summed E-state index contributed by atoms with van der Waals surface area (Å²) in [7, 11) is -1.07. The molecule has 0 amide bonds. The highest BCUT2D eigenvalue weighted by atomic mass is 28.3. The molecule has 2 heteroatoms. The molecular weight excluding hydrogens is 164 g/mol. The molecule has 0 aliphatic heterocycles. The lowest BCUT2D eigenvalue weighted by molar-refractivity contribution is 0.216. The molecule has 0 saturated carbocycles. The quantitative estimate of drug-likeness (QED) is 0.437. The van der Waals surface area contributed by atoms with E-state index in [1.807, 2.05) is 0 Å². The van der Waals surface area contributed by atoms with E-state index in [0.29, 0.717) is 0 Å². The molecule has 0 spiro atoms. The summed E-state index contributed by atoms with van der Waals surface area (Å²) in [5.74, 6) is 0. The molecule has 12 heavy (non-hydrogen) atoms. The second-order valence-electron chi connectivity index (χ2n) is 4.42. The van der Waals surface area contributed by atoms with Crippen LogP contribution in [0.4, 0.5) is 0 Å². The monoisotopic (exact) mass is 187 g/mol. The zero-order valence-corrected chi connectivity index (χ0v) is 10.0. The minimum atomic E-state index is -1.07. The van der Waals surface area contributed by atoms with E-state index in [4.69, 9.17) is 4.74 Å². The standard InChI is InChI=1S/C10H23OSi/c1-5-6-7-8-9-11-10-12(2,3)4/h10H,5-9H2,1-4H3. The van der Waals surface area contributed by atoms with Gasteiger partial charge in [0.2, 0.25) is 0 Å². The molecule has 73 valence electrons. The van der Waals surface area contributed by atoms with Gasteiger partial charge in [-0.3, -0.25) is 0 Å². The van der Waals surface area contributed by atoms with Crippen molar-refractivity contribution in [3.63, 3.8) is 0 Å². The van der Waals surface area contributed by atoms with Gasteiger partial charge in [0.15, 0.2) is 0 Å². The Morgan fingerprint density at radius 1 is 1.08 bits per heavy atom. The van der Waals surface area contributed by atoms with E-state index in [0.717, 1.165) is 6.61 Å². The number of hydrogen-bond acceptors (Lipinski definition) is 1. The molecular formula is C10H23OSi. The van der Waals surface area contributed by atoms with Crippen molar-refractivity contribution in [3.8, 4) is 0 Å². The first kappa shape index (κ1) is 12.2. The van der Waals surface area contributed by atoms with Gasteiger partial charge in [0.25, 0.3) is 0 Å². The fourth-order valence-corrected chi connectivity index (χ4v) is 1.54. The van der Waals surface area contributed by atoms with Crippen LogP contribution in [0.2, 0.25) is 19.6 Å². The third kappa shape index (κ3) is 10.2. The molecule has 0 fully saturated rings. The first-order valence-electron chi connectivity index (χ1n) is 5.02. The molecule has 0 aliphatic rings. The average Bonchev–Trinajstić information content (AvgIpc) is 1.94. The number of ether oxygens (including phenoxy) is 1. The first-order chi connectivity index (χ1) is 5.56. The van der Waals surface area contributed by atoms with Crippen LogP contribution >= 0.6 is 0 Å². The first-order valence-corrected chi connectivity index (χ1v) is 8.60. The van der Waals surface area contributed by atoms with E-state index in [-0.39, 0.29) is 0 Å². The van der Waals surface area contributed by atoms with Crippen LogP contribution in [0.15, 0.2) is 0 Å². The SMILES string of the molecule is CCCCCCO[CH][Si](C)(C)C. The highest BCUT2D eigenvalue weighted by Crippen LogP contribution is 2.07. The second-order valence-corrected chi connectivity index (χ2v) is 9.38. The van der Waals surface area contributed by atoms with Crippen LogP contribution in [-0.2, 0) is 4.74 Å². The Morgan fingerprint density at radius 3 is 2.25 bits per heavy atom. The minimum Gasteiger partial charge on any atom is -0.379 e. The van der Waals surface area contributed by atoms with E-state index in [9.17, 15) is 0 Å². The van der Waals surface area contributed by atoms with E-state index in [1.165, 1.54) is 25.7 Å². The Balaban J connectivity index is 3.01. The summed E-state index contributed by atoms with van der Waals surface area (Å²) < 4.78 is 5.48. The van der Waals surface area contributed by atoms with Gasteiger partial charge in [0.1, 0.15) is 0 Å². The molecule has 0 atom stereocenters. The van der Waals surface area contributed by atoms with Crippen molar-refractivity contribution in [1.29, 1.82) is 0 Å². The van der Waals surface area contributed by atoms with Gasteiger partial charge in [0, 0.05) is 6.61 Å². The van der Waals surface area contributed by atoms with E-state index >= 15 is 0 Å². The third-order valence-electron chi connectivity index (χ3n) is 1.55. The average molecular weight is 187 g/mol. The van der Waals surface area contributed by atoms with Crippen LogP contribution in [0, 0.1) is 6.23 Å². The van der Waals surface area contributed by atoms with Gasteiger partial charge in [0.05, 0.1) is 14.3 Å². The molecule has 1 nitrogen and oxygen atoms in total. The highest BCUT2D eigenvalue weighted by molar-refractivity contribution is 6.79. The summed E-state index contributed by atoms with van der Waals surface area (Å²) in [6.45, 7) is 10.0. The number of unbranched alkanes of at least 4 members (excludes halogenated alkanes) is 3. The molecule has 0 unspecified atom stereocenters. The van der Waals surface area contributed by atoms with Crippen molar-refractivity contribution in [2.45, 2.75) is 52.2 Å². The van der Waals surface area contributed by atoms with Gasteiger partial charge in [-0.25, -0.2) is 0 Å². The fraction of sp³-hybridized carbons (Fsp3) is 0.900. The predicted molar refractivity (Wildman–Crippen MR) is 57.7 cm³/mol. The van der Waals surface area contributed by atoms with E-state index in [1.54, 1.807) is 0 Å². The van der Waals surface area contributed by atoms with Crippen LogP contribution < -0.4 is 0 Å². The van der Waals surface area contributed by atoms with Gasteiger partial charge in [-0.05, 0) is 6.42 Å². The fourth-order valence-electron chi connectivity index (χ4n) is 0.921. The predicted octanol–water partition coefficient (Wildman–Crippen LogP) is 3.62. The van der Waals surface area contributed by atoms with E-state index < -0.39 is 8.07 Å². The smallest absolute Gasteiger partial charge is 0.0815 e. The van der Waals surface area contributed by atoms with Crippen molar-refractivity contribution in [2.75, 3.05) is 6.61 Å². The Bertz CT molecular complexity index is 96.5. The lowest BCUT2D eigenvalue weighted by Crippen LogP contribution is -2.22. The maximum Gasteiger partial charge on any atom is 0.0815 e. The molecule has 0 bridgehead atoms. The lowest BCUT2D eigenvalue weighted by atomic mass is 10.2. The zero-order chi connectivity index (χ0) is 9.45. The van der Waals surface area contributed by atoms with Crippen molar-refractivity contribution < 1.29 is 4.74 Å². The second kappa shape index (κ2) is 6.67. The normalized spacial score (nSPS) is 12.0. The van der Waals surface area contributed by atoms with Gasteiger partial charge in [-0.15, -0.1) is 0 Å². The van der Waals surface area contributed by atoms with Gasteiger partial charge in [-0.1, -0.05) is 45.8 Å². The van der Waals surface area contributed by atoms with E-state index in [2.05, 4.69) is 32.8 Å². The van der Waals surface area contributed by atoms with Crippen molar-refractivity contribution in [3.05, 3.63) is 6.23 Å². The summed E-state index contributed by atoms with van der Waals surface area (Å²) in [5.41, 5.74) is 0. The van der Waals surface area contributed by atoms with Crippen molar-refractivity contribution in [2.24, 2.45) is 0 Å². The Morgan fingerprint density at radius 2 is 1.75 bits per heavy atom. The Kier molecular flexibility index (Phi) is 6.77. The van der Waals surface area contributed by atoms with Crippen LogP contribution in [0.25, 0.3) is 0 Å². The van der Waals surface area contributed by atoms with Crippen LogP contribution in [0.1, 0.15) is 32.6 Å². The summed E-state index contributed by atoms with van der Waals surface area (Å²) in [6, 6.07) is 0. The Hall–Kier alpha value is 0.177. The molecule has 0 aliphatic carbocycles. The molecule has 0 saturated heterocycles. The molecule has 0 aromatic carbocycles. The van der Waals surface area contributed by atoms with Crippen LogP contribution in [-0.4, -0.2) is 14.7 Å². The molecule has 0 rings (SSSR count). The molecule has 0 N–H and O–H groups in total. The molecule has 0 heterocycles. The topological polar surface area (TPSA) is 9.23 Å². The van der Waals surface area contributed by atoms with Crippen molar-refractivity contribution >= 4 is 8.07 Å². The third-order valence-corrected chi connectivity index (χ3v) is 2.43. The van der Waals surface area contributed by atoms with Crippen LogP contribution in [0.5, 0.6) is 0 Å². The van der Waals surface area contributed by atoms with Crippen LogP contribution in [0.3, 0.4) is 0 Å². The summed E-state index contributed by atoms with van der Waals surface area (Å²) >= 11 is 0. The van der Waals surface area contributed by atoms with Gasteiger partial charge < -0.3 is 4.74 Å². The van der Waals surface area contributed by atoms with Gasteiger partial charge in [-0.2, -0.15) is 0 Å². The summed E-state index contributed by atoms with van der Waals surface area (Å²) in [4.78, 5) is 0. The summed E-state index contributed by atoms with van der Waals surface area (Å²) in [5, 5.41) is 0. The largest absolute Gasteiger partial charge is 0.379 e. The maximum atomic E-state index is 5.48. The molecule has 0 aromatic heterocycles. The highest BCUT2D eigenvalue weighted by Gasteiger charge is 2.13. The maximum absolute atomic E-state index is 5.48.